The zero-order valence-corrected chi connectivity index (χ0v) is 11.6. The summed E-state index contributed by atoms with van der Waals surface area (Å²) in [6.45, 7) is 6.05. The Kier molecular flexibility index (Phi) is 5.17. The van der Waals surface area contributed by atoms with Gasteiger partial charge in [-0.15, -0.1) is 0 Å². The van der Waals surface area contributed by atoms with Gasteiger partial charge in [0.2, 0.25) is 0 Å². The van der Waals surface area contributed by atoms with Crippen LogP contribution in [-0.4, -0.2) is 15.7 Å². The Hall–Kier alpha value is -1.54. The molecule has 0 fully saturated rings. The molecule has 0 bridgehead atoms. The second-order valence-corrected chi connectivity index (χ2v) is 4.01. The van der Waals surface area contributed by atoms with Crippen LogP contribution < -0.4 is 0 Å². The molecule has 0 N–H and O–H groups in total. The summed E-state index contributed by atoms with van der Waals surface area (Å²) in [5.74, 6) is 0.676. The molecule has 1 aromatic heterocycles. The number of aliphatic imine (C=N–C) groups is 1. The van der Waals surface area contributed by atoms with E-state index in [-0.39, 0.29) is 16.5 Å². The quantitative estimate of drug-likeness (QED) is 0.627. The summed E-state index contributed by atoms with van der Waals surface area (Å²) in [5, 5.41) is 0. The third-order valence-corrected chi connectivity index (χ3v) is 2.61. The van der Waals surface area contributed by atoms with E-state index < -0.39 is 0 Å². The van der Waals surface area contributed by atoms with Crippen molar-refractivity contribution in [2.45, 2.75) is 20.8 Å². The van der Waals surface area contributed by atoms with Crippen LogP contribution in [0.3, 0.4) is 0 Å². The third-order valence-electron chi connectivity index (χ3n) is 2.61. The van der Waals surface area contributed by atoms with Crippen molar-refractivity contribution in [2.75, 3.05) is 0 Å². The molecule has 2 aromatic rings. The van der Waals surface area contributed by atoms with E-state index in [4.69, 9.17) is 0 Å². The molecule has 0 aliphatic carbocycles. The molecule has 0 aliphatic heterocycles. The Morgan fingerprint density at radius 1 is 1.00 bits per heavy atom. The van der Waals surface area contributed by atoms with Gasteiger partial charge in [0.15, 0.2) is 5.82 Å². The molecule has 0 atom stereocenters. The van der Waals surface area contributed by atoms with E-state index in [1.807, 2.05) is 13.0 Å². The molecule has 2 rings (SSSR count). The van der Waals surface area contributed by atoms with Gasteiger partial charge in [0, 0.05) is 28.9 Å². The fraction of sp³-hybridized carbons (Fsp3) is 0.214. The Bertz CT molecular complexity index is 530. The molecule has 3 nitrogen and oxygen atoms in total. The number of rotatable bonds is 2. The van der Waals surface area contributed by atoms with E-state index in [1.54, 1.807) is 18.5 Å². The number of hydrogen-bond donors (Lipinski definition) is 0. The summed E-state index contributed by atoms with van der Waals surface area (Å²) in [7, 11) is 0. The van der Waals surface area contributed by atoms with Crippen molar-refractivity contribution in [1.29, 1.82) is 0 Å². The molecule has 0 saturated carbocycles. The van der Waals surface area contributed by atoms with Crippen molar-refractivity contribution >= 4 is 11.4 Å². The smallest absolute Gasteiger partial charge is 0.173 e. The number of para-hydroxylation sites is 1. The Morgan fingerprint density at radius 3 is 2.11 bits per heavy atom. The molecule has 0 saturated heterocycles. The standard InChI is InChI=1S/C14H15N3.Ni/c1-10-6-4-7-11(2)13(10)17-12(3)14-15-8-5-9-16-14;/h4-9H,1-3H3;. The maximum Gasteiger partial charge on any atom is 0.173 e. The maximum atomic E-state index is 4.62. The van der Waals surface area contributed by atoms with Crippen LogP contribution in [-0.2, 0) is 16.5 Å². The second-order valence-electron chi connectivity index (χ2n) is 4.01. The molecule has 1 aromatic carbocycles. The van der Waals surface area contributed by atoms with Crippen LogP contribution in [0, 0.1) is 13.8 Å². The first-order valence-electron chi connectivity index (χ1n) is 5.57. The average Bonchev–Trinajstić information content (AvgIpc) is 2.35. The van der Waals surface area contributed by atoms with E-state index in [1.165, 1.54) is 11.1 Å². The fourth-order valence-corrected chi connectivity index (χ4v) is 1.69. The van der Waals surface area contributed by atoms with Gasteiger partial charge in [0.1, 0.15) is 0 Å². The van der Waals surface area contributed by atoms with E-state index in [0.717, 1.165) is 11.4 Å². The van der Waals surface area contributed by atoms with Crippen LogP contribution in [0.2, 0.25) is 0 Å². The molecule has 0 radical (unpaired) electrons. The molecule has 0 spiro atoms. The summed E-state index contributed by atoms with van der Waals surface area (Å²) < 4.78 is 0. The predicted molar refractivity (Wildman–Crippen MR) is 69.8 cm³/mol. The maximum absolute atomic E-state index is 4.62. The van der Waals surface area contributed by atoms with E-state index in [0.29, 0.717) is 5.82 Å². The van der Waals surface area contributed by atoms with Crippen LogP contribution in [0.15, 0.2) is 41.7 Å². The van der Waals surface area contributed by atoms with Crippen molar-refractivity contribution in [3.8, 4) is 0 Å². The van der Waals surface area contributed by atoms with Gasteiger partial charge in [0.05, 0.1) is 11.4 Å². The van der Waals surface area contributed by atoms with E-state index in [2.05, 4.69) is 40.9 Å². The Morgan fingerprint density at radius 2 is 1.56 bits per heavy atom. The first-order chi connectivity index (χ1) is 8.18. The number of aromatic nitrogens is 2. The molecule has 0 unspecified atom stereocenters. The minimum Gasteiger partial charge on any atom is -0.249 e. The Labute approximate surface area is 117 Å². The molecule has 96 valence electrons. The normalized spacial score (nSPS) is 10.9. The molecule has 4 heteroatoms. The van der Waals surface area contributed by atoms with Gasteiger partial charge in [-0.1, -0.05) is 18.2 Å². The number of benzene rings is 1. The van der Waals surface area contributed by atoms with Crippen molar-refractivity contribution < 1.29 is 16.5 Å². The zero-order chi connectivity index (χ0) is 12.3. The predicted octanol–water partition coefficient (Wildman–Crippen LogP) is 3.23. The zero-order valence-electron chi connectivity index (χ0n) is 10.6. The summed E-state index contributed by atoms with van der Waals surface area (Å²) in [4.78, 5) is 13.0. The van der Waals surface area contributed by atoms with Crippen LogP contribution in [0.5, 0.6) is 0 Å². The van der Waals surface area contributed by atoms with Crippen molar-refractivity contribution in [3.63, 3.8) is 0 Å². The monoisotopic (exact) mass is 283 g/mol. The largest absolute Gasteiger partial charge is 0.249 e. The summed E-state index contributed by atoms with van der Waals surface area (Å²) in [6, 6.07) is 7.96. The number of hydrogen-bond acceptors (Lipinski definition) is 3. The van der Waals surface area contributed by atoms with Gasteiger partial charge in [-0.25, -0.2) is 15.0 Å². The van der Waals surface area contributed by atoms with Gasteiger partial charge in [-0.05, 0) is 38.0 Å². The SMILES string of the molecule is CC(=Nc1c(C)cccc1C)c1ncccn1.[Ni]. The van der Waals surface area contributed by atoms with E-state index >= 15 is 0 Å². The Balaban J connectivity index is 0.00000162. The third kappa shape index (κ3) is 3.24. The van der Waals surface area contributed by atoms with Crippen molar-refractivity contribution in [3.05, 3.63) is 53.6 Å². The average molecular weight is 284 g/mol. The van der Waals surface area contributed by atoms with Crippen LogP contribution in [0.25, 0.3) is 0 Å². The first kappa shape index (κ1) is 14.5. The van der Waals surface area contributed by atoms with Gasteiger partial charge in [0.25, 0.3) is 0 Å². The van der Waals surface area contributed by atoms with E-state index in [9.17, 15) is 0 Å². The summed E-state index contributed by atoms with van der Waals surface area (Å²) in [5.41, 5.74) is 4.18. The topological polar surface area (TPSA) is 38.1 Å². The van der Waals surface area contributed by atoms with Crippen LogP contribution in [0.4, 0.5) is 5.69 Å². The van der Waals surface area contributed by atoms with Gasteiger partial charge < -0.3 is 0 Å². The van der Waals surface area contributed by atoms with Crippen molar-refractivity contribution in [1.82, 2.24) is 9.97 Å². The summed E-state index contributed by atoms with van der Waals surface area (Å²) >= 11 is 0. The molecular formula is C14H15N3Ni. The molecule has 0 aliphatic rings. The minimum atomic E-state index is 0. The first-order valence-corrected chi connectivity index (χ1v) is 5.57. The fourth-order valence-electron chi connectivity index (χ4n) is 1.69. The van der Waals surface area contributed by atoms with Gasteiger partial charge in [-0.3, -0.25) is 0 Å². The molecule has 0 amide bonds. The van der Waals surface area contributed by atoms with Crippen LogP contribution in [0.1, 0.15) is 23.9 Å². The van der Waals surface area contributed by atoms with Gasteiger partial charge in [-0.2, -0.15) is 0 Å². The minimum absolute atomic E-state index is 0. The second kappa shape index (κ2) is 6.41. The number of nitrogens with zero attached hydrogens (tertiary/aromatic N) is 3. The summed E-state index contributed by atoms with van der Waals surface area (Å²) in [6.07, 6.45) is 3.46. The van der Waals surface area contributed by atoms with Gasteiger partial charge >= 0.3 is 0 Å². The molecular weight excluding hydrogens is 269 g/mol. The molecule has 18 heavy (non-hydrogen) atoms. The number of aryl methyl sites for hydroxylation is 2. The van der Waals surface area contributed by atoms with Crippen LogP contribution >= 0.6 is 0 Å². The molecule has 1 heterocycles. The van der Waals surface area contributed by atoms with Crippen molar-refractivity contribution in [2.24, 2.45) is 4.99 Å².